The minimum atomic E-state index is -0.292. The molecule has 156 valence electrons. The van der Waals surface area contributed by atoms with Gasteiger partial charge in [-0.1, -0.05) is 0 Å². The lowest BCUT2D eigenvalue weighted by Gasteiger charge is -2.17. The Morgan fingerprint density at radius 1 is 1.27 bits per heavy atom. The Kier molecular flexibility index (Phi) is 5.50. The first kappa shape index (κ1) is 20.0. The Labute approximate surface area is 174 Å². The third kappa shape index (κ3) is 4.04. The topological polar surface area (TPSA) is 86.3 Å². The molecule has 0 spiro atoms. The molecule has 0 fully saturated rings. The van der Waals surface area contributed by atoms with Gasteiger partial charge in [-0.3, -0.25) is 14.5 Å². The Hall–Kier alpha value is -3.26. The summed E-state index contributed by atoms with van der Waals surface area (Å²) in [6.45, 7) is 4.11. The summed E-state index contributed by atoms with van der Waals surface area (Å²) in [4.78, 5) is 19.2. The van der Waals surface area contributed by atoms with Crippen LogP contribution in [0.5, 0.6) is 0 Å². The second-order valence-electron chi connectivity index (χ2n) is 7.48. The molecule has 1 aromatic carbocycles. The van der Waals surface area contributed by atoms with Gasteiger partial charge < -0.3 is 15.4 Å². The van der Waals surface area contributed by atoms with E-state index in [9.17, 15) is 9.18 Å². The van der Waals surface area contributed by atoms with E-state index in [2.05, 4.69) is 10.1 Å². The molecule has 8 heteroatoms. The molecular formula is C22H24FN5O2. The maximum atomic E-state index is 13.4. The van der Waals surface area contributed by atoms with Crippen LogP contribution in [0.4, 0.5) is 10.1 Å². The van der Waals surface area contributed by atoms with E-state index in [1.807, 2.05) is 17.8 Å². The number of aryl methyl sites for hydroxylation is 1. The molecule has 3 aromatic rings. The molecule has 7 nitrogen and oxygen atoms in total. The van der Waals surface area contributed by atoms with Crippen molar-refractivity contribution in [1.82, 2.24) is 19.7 Å². The number of carbonyl (C=O) groups is 1. The van der Waals surface area contributed by atoms with Crippen molar-refractivity contribution >= 4 is 11.6 Å². The van der Waals surface area contributed by atoms with Crippen molar-refractivity contribution in [2.24, 2.45) is 0 Å². The van der Waals surface area contributed by atoms with Gasteiger partial charge in [-0.2, -0.15) is 5.10 Å². The highest BCUT2D eigenvalue weighted by atomic mass is 19.1. The Morgan fingerprint density at radius 2 is 2.10 bits per heavy atom. The van der Waals surface area contributed by atoms with Crippen molar-refractivity contribution in [1.29, 1.82) is 0 Å². The number of hydrogen-bond acceptors (Lipinski definition) is 5. The summed E-state index contributed by atoms with van der Waals surface area (Å²) in [6, 6.07) is 8.09. The Bertz CT molecular complexity index is 1070. The zero-order chi connectivity index (χ0) is 21.3. The van der Waals surface area contributed by atoms with Crippen molar-refractivity contribution in [3.8, 4) is 11.3 Å². The highest BCUT2D eigenvalue weighted by Crippen LogP contribution is 2.26. The molecule has 0 atom stereocenters. The molecule has 0 radical (unpaired) electrons. The lowest BCUT2D eigenvalue weighted by Crippen LogP contribution is -2.28. The summed E-state index contributed by atoms with van der Waals surface area (Å²) in [5, 5.41) is 4.53. The minimum Gasteiger partial charge on any atom is -0.397 e. The first-order chi connectivity index (χ1) is 14.4. The fourth-order valence-electron chi connectivity index (χ4n) is 3.66. The van der Waals surface area contributed by atoms with Crippen molar-refractivity contribution in [3.63, 3.8) is 0 Å². The van der Waals surface area contributed by atoms with Gasteiger partial charge in [-0.15, -0.1) is 0 Å². The lowest BCUT2D eigenvalue weighted by molar-refractivity contribution is -0.131. The van der Waals surface area contributed by atoms with Crippen LogP contribution in [0.15, 0.2) is 36.5 Å². The molecule has 30 heavy (non-hydrogen) atoms. The van der Waals surface area contributed by atoms with E-state index in [1.165, 1.54) is 12.1 Å². The normalized spacial score (nSPS) is 13.0. The summed E-state index contributed by atoms with van der Waals surface area (Å²) in [6.07, 6.45) is 2.07. The van der Waals surface area contributed by atoms with Gasteiger partial charge in [0, 0.05) is 31.0 Å². The lowest BCUT2D eigenvalue weighted by atomic mass is 10.0. The number of hydrogen-bond donors (Lipinski definition) is 1. The predicted molar refractivity (Wildman–Crippen MR) is 111 cm³/mol. The number of halogens is 1. The van der Waals surface area contributed by atoms with E-state index in [1.54, 1.807) is 30.2 Å². The van der Waals surface area contributed by atoms with Gasteiger partial charge in [0.05, 0.1) is 48.9 Å². The average Bonchev–Trinajstić information content (AvgIpc) is 3.27. The van der Waals surface area contributed by atoms with Gasteiger partial charge in [0.15, 0.2) is 0 Å². The van der Waals surface area contributed by atoms with Crippen molar-refractivity contribution in [2.45, 2.75) is 33.0 Å². The summed E-state index contributed by atoms with van der Waals surface area (Å²) < 4.78 is 20.3. The maximum Gasteiger partial charge on any atom is 0.229 e. The fraction of sp³-hybridized carbons (Fsp3) is 0.318. The summed E-state index contributed by atoms with van der Waals surface area (Å²) >= 11 is 0. The second-order valence-corrected chi connectivity index (χ2v) is 7.48. The summed E-state index contributed by atoms with van der Waals surface area (Å²) in [5.74, 6) is -0.344. The van der Waals surface area contributed by atoms with E-state index in [-0.39, 0.29) is 18.1 Å². The molecule has 0 unspecified atom stereocenters. The van der Waals surface area contributed by atoms with Crippen LogP contribution in [-0.4, -0.2) is 39.3 Å². The van der Waals surface area contributed by atoms with E-state index >= 15 is 0 Å². The van der Waals surface area contributed by atoms with E-state index in [0.29, 0.717) is 43.3 Å². The van der Waals surface area contributed by atoms with Gasteiger partial charge in [0.25, 0.3) is 0 Å². The molecule has 4 rings (SSSR count). The fourth-order valence-corrected chi connectivity index (χ4v) is 3.66. The van der Waals surface area contributed by atoms with E-state index in [0.717, 1.165) is 22.4 Å². The van der Waals surface area contributed by atoms with Gasteiger partial charge >= 0.3 is 0 Å². The molecule has 1 aliphatic rings. The summed E-state index contributed by atoms with van der Waals surface area (Å²) in [7, 11) is 1.66. The number of amides is 1. The van der Waals surface area contributed by atoms with Gasteiger partial charge in [0.1, 0.15) is 5.82 Å². The minimum absolute atomic E-state index is 0.0522. The third-order valence-electron chi connectivity index (χ3n) is 5.30. The number of nitrogens with two attached hydrogens (primary N) is 1. The van der Waals surface area contributed by atoms with Crippen LogP contribution in [0.3, 0.4) is 0 Å². The number of nitrogens with zero attached hydrogens (tertiary/aromatic N) is 4. The van der Waals surface area contributed by atoms with Gasteiger partial charge in [-0.05, 0) is 42.8 Å². The standard InChI is InChI=1S/C22H24FN5O2/c1-14-9-16(23)3-4-17(14)19-6-5-18(24)20(25-19)10-22(29)27-11-15-12-28(7-8-30-2)26-21(15)13-27/h3-6,9,12H,7-8,10-11,13,24H2,1-2H3. The molecule has 2 aromatic heterocycles. The third-order valence-corrected chi connectivity index (χ3v) is 5.30. The highest BCUT2D eigenvalue weighted by molar-refractivity contribution is 5.81. The van der Waals surface area contributed by atoms with E-state index < -0.39 is 0 Å². The number of ether oxygens (including phenoxy) is 1. The number of methoxy groups -OCH3 is 1. The van der Waals surface area contributed by atoms with Crippen LogP contribution in [-0.2, 0) is 35.6 Å². The molecule has 0 bridgehead atoms. The Morgan fingerprint density at radius 3 is 2.83 bits per heavy atom. The number of anilines is 1. The van der Waals surface area contributed by atoms with Crippen LogP contribution in [0, 0.1) is 12.7 Å². The smallest absolute Gasteiger partial charge is 0.229 e. The largest absolute Gasteiger partial charge is 0.397 e. The molecule has 1 aliphatic heterocycles. The number of rotatable bonds is 6. The average molecular weight is 409 g/mol. The number of pyridine rings is 1. The number of fused-ring (bicyclic) bond motifs is 1. The predicted octanol–water partition coefficient (Wildman–Crippen LogP) is 2.71. The molecule has 0 aliphatic carbocycles. The van der Waals surface area contributed by atoms with Crippen molar-refractivity contribution in [2.75, 3.05) is 19.5 Å². The van der Waals surface area contributed by atoms with Crippen molar-refractivity contribution < 1.29 is 13.9 Å². The highest BCUT2D eigenvalue weighted by Gasteiger charge is 2.27. The monoisotopic (exact) mass is 409 g/mol. The Balaban J connectivity index is 1.47. The van der Waals surface area contributed by atoms with Crippen LogP contribution in [0.25, 0.3) is 11.3 Å². The zero-order valence-corrected chi connectivity index (χ0v) is 17.1. The summed E-state index contributed by atoms with van der Waals surface area (Å²) in [5.41, 5.74) is 11.3. The molecule has 1 amide bonds. The van der Waals surface area contributed by atoms with Gasteiger partial charge in [-0.25, -0.2) is 4.39 Å². The maximum absolute atomic E-state index is 13.4. The molecule has 0 saturated heterocycles. The van der Waals surface area contributed by atoms with Crippen molar-refractivity contribution in [3.05, 3.63) is 64.9 Å². The number of nitrogen functional groups attached to an aromatic ring is 1. The quantitative estimate of drug-likeness (QED) is 0.677. The molecular weight excluding hydrogens is 385 g/mol. The van der Waals surface area contributed by atoms with Crippen LogP contribution in [0.1, 0.15) is 22.5 Å². The van der Waals surface area contributed by atoms with Crippen LogP contribution >= 0.6 is 0 Å². The van der Waals surface area contributed by atoms with Crippen LogP contribution in [0.2, 0.25) is 0 Å². The molecule has 0 saturated carbocycles. The van der Waals surface area contributed by atoms with Gasteiger partial charge in [0.2, 0.25) is 5.91 Å². The van der Waals surface area contributed by atoms with Crippen LogP contribution < -0.4 is 5.73 Å². The number of carbonyl (C=O) groups excluding carboxylic acids is 1. The molecule has 3 heterocycles. The zero-order valence-electron chi connectivity index (χ0n) is 17.1. The SMILES string of the molecule is COCCn1cc2c(n1)CN(C(=O)Cc1nc(-c3ccc(F)cc3C)ccc1N)C2. The number of benzene rings is 1. The molecule has 2 N–H and O–H groups in total. The first-order valence-corrected chi connectivity index (χ1v) is 9.78. The number of aromatic nitrogens is 3. The van der Waals surface area contributed by atoms with E-state index in [4.69, 9.17) is 10.5 Å². The first-order valence-electron chi connectivity index (χ1n) is 9.78. The second kappa shape index (κ2) is 8.23.